The molecular formula is C6H14N2O2S. The number of nitrogens with one attached hydrogen (secondary N) is 1. The van der Waals surface area contributed by atoms with Crippen LogP contribution in [0, 0.1) is 0 Å². The molecule has 66 valence electrons. The van der Waals surface area contributed by atoms with E-state index in [1.165, 1.54) is 0 Å². The van der Waals surface area contributed by atoms with Crippen molar-refractivity contribution in [3.63, 3.8) is 0 Å². The molecule has 0 fully saturated rings. The number of carbonyl (C=O) groups excluding carboxylic acids is 1. The van der Waals surface area contributed by atoms with Crippen LogP contribution in [0.5, 0.6) is 0 Å². The summed E-state index contributed by atoms with van der Waals surface area (Å²) in [6.07, 6.45) is 2.35. The predicted molar refractivity (Wildman–Crippen MR) is 45.7 cm³/mol. The van der Waals surface area contributed by atoms with Crippen LogP contribution in [0.15, 0.2) is 0 Å². The summed E-state index contributed by atoms with van der Waals surface area (Å²) in [5, 5.41) is 2.55. The average molecular weight is 178 g/mol. The maximum absolute atomic E-state index is 10.8. The van der Waals surface area contributed by atoms with Crippen LogP contribution in [0.25, 0.3) is 0 Å². The third kappa shape index (κ3) is 5.84. The number of urea groups is 1. The minimum Gasteiger partial charge on any atom is -0.352 e. The zero-order valence-electron chi connectivity index (χ0n) is 6.79. The van der Waals surface area contributed by atoms with Crippen molar-refractivity contribution in [2.24, 2.45) is 5.73 Å². The largest absolute Gasteiger partial charge is 0.352 e. The molecule has 0 aliphatic carbocycles. The summed E-state index contributed by atoms with van der Waals surface area (Å²) >= 11 is 0. The van der Waals surface area contributed by atoms with Gasteiger partial charge in [-0.15, -0.1) is 0 Å². The first-order valence-electron chi connectivity index (χ1n) is 3.39. The molecule has 0 saturated carbocycles. The van der Waals surface area contributed by atoms with Crippen molar-refractivity contribution in [3.05, 3.63) is 0 Å². The van der Waals surface area contributed by atoms with Gasteiger partial charge in [-0.25, -0.2) is 4.79 Å². The lowest BCUT2D eigenvalue weighted by Crippen LogP contribution is -2.31. The first-order chi connectivity index (χ1) is 5.04. The fraction of sp³-hybridized carbons (Fsp3) is 0.833. The molecule has 11 heavy (non-hydrogen) atoms. The standard InChI is InChI=1S/C6H14N2O2S/c1-5(11(2)10)3-4-8-6(7)9/h5H,3-4H2,1-2H3,(H3,7,8,9). The molecule has 5 heteroatoms. The highest BCUT2D eigenvalue weighted by atomic mass is 32.2. The fourth-order valence-electron chi connectivity index (χ4n) is 0.565. The molecular weight excluding hydrogens is 164 g/mol. The number of hydrogen-bond acceptors (Lipinski definition) is 2. The van der Waals surface area contributed by atoms with Gasteiger partial charge in [0, 0.05) is 28.9 Å². The molecule has 0 heterocycles. The van der Waals surface area contributed by atoms with E-state index < -0.39 is 16.8 Å². The topological polar surface area (TPSA) is 72.2 Å². The Morgan fingerprint density at radius 1 is 1.73 bits per heavy atom. The smallest absolute Gasteiger partial charge is 0.312 e. The Kier molecular flexibility index (Phi) is 4.85. The van der Waals surface area contributed by atoms with E-state index in [1.807, 2.05) is 6.92 Å². The molecule has 2 amide bonds. The van der Waals surface area contributed by atoms with E-state index in [1.54, 1.807) is 6.26 Å². The Labute approximate surface area is 69.0 Å². The number of carbonyl (C=O) groups is 1. The molecule has 2 unspecified atom stereocenters. The zero-order valence-corrected chi connectivity index (χ0v) is 7.61. The van der Waals surface area contributed by atoms with Gasteiger partial charge in [0.1, 0.15) is 0 Å². The van der Waals surface area contributed by atoms with Crippen molar-refractivity contribution in [1.29, 1.82) is 0 Å². The summed E-state index contributed by atoms with van der Waals surface area (Å²) < 4.78 is 10.8. The maximum Gasteiger partial charge on any atom is 0.312 e. The highest BCUT2D eigenvalue weighted by Gasteiger charge is 2.04. The maximum atomic E-state index is 10.8. The molecule has 0 aliphatic heterocycles. The number of rotatable bonds is 4. The summed E-state index contributed by atoms with van der Waals surface area (Å²) in [5.41, 5.74) is 4.83. The van der Waals surface area contributed by atoms with Crippen molar-refractivity contribution in [1.82, 2.24) is 5.32 Å². The van der Waals surface area contributed by atoms with Gasteiger partial charge in [0.15, 0.2) is 0 Å². The quantitative estimate of drug-likeness (QED) is 0.626. The van der Waals surface area contributed by atoms with Crippen molar-refractivity contribution < 1.29 is 9.00 Å². The number of nitrogens with two attached hydrogens (primary N) is 1. The lowest BCUT2D eigenvalue weighted by atomic mass is 10.3. The zero-order chi connectivity index (χ0) is 8.85. The Bertz CT molecular complexity index is 161. The van der Waals surface area contributed by atoms with Crippen molar-refractivity contribution in [3.8, 4) is 0 Å². The van der Waals surface area contributed by atoms with Crippen molar-refractivity contribution in [2.75, 3.05) is 12.8 Å². The van der Waals surface area contributed by atoms with E-state index in [-0.39, 0.29) is 5.25 Å². The van der Waals surface area contributed by atoms with Crippen LogP contribution in [0.1, 0.15) is 13.3 Å². The van der Waals surface area contributed by atoms with Crippen LogP contribution in [0.2, 0.25) is 0 Å². The molecule has 0 radical (unpaired) electrons. The molecule has 0 aromatic heterocycles. The van der Waals surface area contributed by atoms with Gasteiger partial charge in [-0.1, -0.05) is 6.92 Å². The van der Waals surface area contributed by atoms with Crippen molar-refractivity contribution in [2.45, 2.75) is 18.6 Å². The normalized spacial score (nSPS) is 15.5. The van der Waals surface area contributed by atoms with Gasteiger partial charge in [0.25, 0.3) is 0 Å². The first kappa shape index (κ1) is 10.4. The molecule has 3 N–H and O–H groups in total. The minimum absolute atomic E-state index is 0.113. The van der Waals surface area contributed by atoms with Crippen LogP contribution in [0.3, 0.4) is 0 Å². The number of hydrogen-bond donors (Lipinski definition) is 2. The van der Waals surface area contributed by atoms with Gasteiger partial charge < -0.3 is 11.1 Å². The van der Waals surface area contributed by atoms with Gasteiger partial charge in [0.2, 0.25) is 0 Å². The van der Waals surface area contributed by atoms with Crippen LogP contribution in [-0.2, 0) is 10.8 Å². The third-order valence-electron chi connectivity index (χ3n) is 1.42. The summed E-state index contributed by atoms with van der Waals surface area (Å²) in [7, 11) is -0.817. The Morgan fingerprint density at radius 2 is 2.27 bits per heavy atom. The van der Waals surface area contributed by atoms with Crippen LogP contribution in [-0.4, -0.2) is 28.3 Å². The van der Waals surface area contributed by atoms with E-state index in [2.05, 4.69) is 5.32 Å². The molecule has 0 rings (SSSR count). The summed E-state index contributed by atoms with van der Waals surface area (Å²) in [5.74, 6) is 0. The van der Waals surface area contributed by atoms with Crippen LogP contribution >= 0.6 is 0 Å². The van der Waals surface area contributed by atoms with Gasteiger partial charge >= 0.3 is 6.03 Å². The second-order valence-corrected chi connectivity index (χ2v) is 4.19. The Morgan fingerprint density at radius 3 is 2.64 bits per heavy atom. The van der Waals surface area contributed by atoms with E-state index in [9.17, 15) is 9.00 Å². The summed E-state index contributed by atoms with van der Waals surface area (Å²) in [4.78, 5) is 10.2. The van der Waals surface area contributed by atoms with E-state index in [0.717, 1.165) is 0 Å². The van der Waals surface area contributed by atoms with E-state index in [0.29, 0.717) is 13.0 Å². The monoisotopic (exact) mass is 178 g/mol. The first-order valence-corrected chi connectivity index (χ1v) is 5.01. The second-order valence-electron chi connectivity index (χ2n) is 2.39. The van der Waals surface area contributed by atoms with Crippen molar-refractivity contribution >= 4 is 16.8 Å². The highest BCUT2D eigenvalue weighted by Crippen LogP contribution is 1.96. The Balaban J connectivity index is 3.39. The fourth-order valence-corrected chi connectivity index (χ4v) is 1.01. The third-order valence-corrected chi connectivity index (χ3v) is 2.79. The number of primary amides is 1. The molecule has 0 saturated heterocycles. The molecule has 4 nitrogen and oxygen atoms in total. The summed E-state index contributed by atoms with van der Waals surface area (Å²) in [6, 6.07) is -0.529. The second kappa shape index (κ2) is 5.12. The molecule has 0 aliphatic rings. The molecule has 0 aromatic carbocycles. The van der Waals surface area contributed by atoms with E-state index in [4.69, 9.17) is 5.73 Å². The lowest BCUT2D eigenvalue weighted by molar-refractivity contribution is 0.249. The van der Waals surface area contributed by atoms with Crippen LogP contribution < -0.4 is 11.1 Å². The molecule has 0 bridgehead atoms. The molecule has 2 atom stereocenters. The Hall–Kier alpha value is -0.580. The van der Waals surface area contributed by atoms with Gasteiger partial charge in [-0.05, 0) is 6.42 Å². The van der Waals surface area contributed by atoms with Gasteiger partial charge in [-0.3, -0.25) is 4.21 Å². The lowest BCUT2D eigenvalue weighted by Gasteiger charge is -2.06. The number of amides is 2. The predicted octanol–water partition coefficient (Wildman–Crippen LogP) is -0.188. The van der Waals surface area contributed by atoms with Crippen LogP contribution in [0.4, 0.5) is 4.79 Å². The minimum atomic E-state index is -0.817. The summed E-state index contributed by atoms with van der Waals surface area (Å²) in [6.45, 7) is 2.37. The van der Waals surface area contributed by atoms with Gasteiger partial charge in [-0.2, -0.15) is 0 Å². The molecule has 0 spiro atoms. The molecule has 0 aromatic rings. The SMILES string of the molecule is CC(CCNC(N)=O)S(C)=O. The highest BCUT2D eigenvalue weighted by molar-refractivity contribution is 7.84. The average Bonchev–Trinajstić information content (AvgIpc) is 1.86. The van der Waals surface area contributed by atoms with E-state index >= 15 is 0 Å². The van der Waals surface area contributed by atoms with Gasteiger partial charge in [0.05, 0.1) is 0 Å².